The Bertz CT molecular complexity index is 1290. The minimum atomic E-state index is -0.949. The predicted molar refractivity (Wildman–Crippen MR) is 171 cm³/mol. The van der Waals surface area contributed by atoms with Gasteiger partial charge in [0.05, 0.1) is 18.0 Å². The molecule has 0 saturated carbocycles. The van der Waals surface area contributed by atoms with Gasteiger partial charge >= 0.3 is 0 Å². The van der Waals surface area contributed by atoms with Crippen molar-refractivity contribution < 1.29 is 24.3 Å². The van der Waals surface area contributed by atoms with E-state index in [-0.39, 0.29) is 68.5 Å². The maximum atomic E-state index is 13.7. The lowest BCUT2D eigenvalue weighted by molar-refractivity contribution is -0.133. The number of nitrogens with zero attached hydrogens (tertiary/aromatic N) is 1. The largest absolute Gasteiger partial charge is 0.508 e. The molecule has 4 atom stereocenters. The number of aryl methyl sites for hydroxylation is 2. The smallest absolute Gasteiger partial charge is 0.224 e. The highest BCUT2D eigenvalue weighted by molar-refractivity contribution is 5.94. The van der Waals surface area contributed by atoms with Gasteiger partial charge in [0.25, 0.3) is 0 Å². The van der Waals surface area contributed by atoms with Crippen molar-refractivity contribution in [2.75, 3.05) is 20.1 Å². The van der Waals surface area contributed by atoms with Crippen LogP contribution in [0, 0.1) is 25.7 Å². The minimum Gasteiger partial charge on any atom is -0.508 e. The molecule has 11 N–H and O–H groups in total. The molecule has 0 spiro atoms. The van der Waals surface area contributed by atoms with E-state index < -0.39 is 35.7 Å². The molecule has 0 aromatic heterocycles. The molecule has 0 radical (unpaired) electrons. The zero-order valence-electron chi connectivity index (χ0n) is 25.8. The molecule has 2 amide bonds. The van der Waals surface area contributed by atoms with Crippen molar-refractivity contribution in [2.24, 2.45) is 39.8 Å². The van der Waals surface area contributed by atoms with Gasteiger partial charge in [0, 0.05) is 31.8 Å². The van der Waals surface area contributed by atoms with Gasteiger partial charge in [-0.2, -0.15) is 0 Å². The van der Waals surface area contributed by atoms with Gasteiger partial charge < -0.3 is 38.7 Å². The number of hydrogen-bond donors (Lipinski definition) is 7. The number of primary amides is 1. The van der Waals surface area contributed by atoms with Gasteiger partial charge in [0.1, 0.15) is 5.75 Å². The molecule has 2 aromatic rings. The number of ketones is 2. The Morgan fingerprint density at radius 2 is 1.52 bits per heavy atom. The number of carbonyl (C=O) groups is 4. The van der Waals surface area contributed by atoms with Gasteiger partial charge in [-0.25, -0.2) is 0 Å². The molecule has 2 aromatic carbocycles. The fourth-order valence-corrected chi connectivity index (χ4v) is 5.18. The van der Waals surface area contributed by atoms with E-state index in [1.165, 1.54) is 0 Å². The van der Waals surface area contributed by atoms with Crippen molar-refractivity contribution in [3.63, 3.8) is 0 Å². The number of rotatable bonds is 19. The van der Waals surface area contributed by atoms with Crippen LogP contribution < -0.4 is 33.6 Å². The summed E-state index contributed by atoms with van der Waals surface area (Å²) in [6.45, 7) is 4.15. The monoisotopic (exact) mass is 609 g/mol. The molecule has 0 fully saturated rings. The summed E-state index contributed by atoms with van der Waals surface area (Å²) in [5.41, 5.74) is 26.0. The predicted octanol–water partition coefficient (Wildman–Crippen LogP) is 0.515. The summed E-state index contributed by atoms with van der Waals surface area (Å²) in [6.07, 6.45) is 0.823. The van der Waals surface area contributed by atoms with E-state index in [2.05, 4.69) is 15.6 Å². The Hall–Kier alpha value is -4.29. The van der Waals surface area contributed by atoms with E-state index in [0.29, 0.717) is 6.42 Å². The first-order valence-electron chi connectivity index (χ1n) is 14.8. The summed E-state index contributed by atoms with van der Waals surface area (Å²) in [7, 11) is 1.66. The fraction of sp³-hybridized carbons (Fsp3) is 0.469. The molecule has 2 rings (SSSR count). The van der Waals surface area contributed by atoms with Crippen LogP contribution in [-0.4, -0.2) is 66.7 Å². The second-order valence-electron chi connectivity index (χ2n) is 11.3. The molecule has 0 aliphatic rings. The van der Waals surface area contributed by atoms with E-state index in [9.17, 15) is 24.3 Å². The lowest BCUT2D eigenvalue weighted by Crippen LogP contribution is -2.47. The number of Topliss-reactive ketones (excluding diaryl/α,β-unsaturated/α-hetero) is 2. The van der Waals surface area contributed by atoms with Crippen molar-refractivity contribution in [1.29, 1.82) is 0 Å². The van der Waals surface area contributed by atoms with Crippen LogP contribution in [0.25, 0.3) is 0 Å². The first-order valence-corrected chi connectivity index (χ1v) is 14.8. The van der Waals surface area contributed by atoms with E-state index in [0.717, 1.165) is 22.3 Å². The Labute approximate surface area is 259 Å². The third kappa shape index (κ3) is 11.8. The van der Waals surface area contributed by atoms with Crippen LogP contribution in [0.2, 0.25) is 0 Å². The third-order valence-corrected chi connectivity index (χ3v) is 7.63. The normalized spacial score (nSPS) is 13.7. The van der Waals surface area contributed by atoms with Gasteiger partial charge in [0.15, 0.2) is 17.5 Å². The second-order valence-corrected chi connectivity index (χ2v) is 11.3. The standard InChI is InChI=1S/C32H47N7O5/c1-19-12-24(40)13-20(2)25(19)17-26(33)28(41)15-22(10-7-11-38-32(35)36)31(44)39-27(14-21-8-5-4-6-9-21)29(42)16-23(18-37-3)30(34)43/h4-6,8-9,12-13,22-23,26-27,37,40H,7,10-11,14-18,33H2,1-3H3,(H2,34,43)(H,39,44)(H4,35,36,38)/t22-,23?,26-,27-/m0/s1. The Morgan fingerprint density at radius 1 is 0.909 bits per heavy atom. The number of nitrogens with two attached hydrogens (primary N) is 4. The Kier molecular flexibility index (Phi) is 14.5. The number of guanidine groups is 1. The van der Waals surface area contributed by atoms with Crippen LogP contribution in [0.1, 0.15) is 47.9 Å². The molecule has 1 unspecified atom stereocenters. The number of carbonyl (C=O) groups excluding carboxylic acids is 4. The molecule has 0 saturated heterocycles. The van der Waals surface area contributed by atoms with Gasteiger partial charge in [-0.05, 0) is 81.0 Å². The first kappa shape index (κ1) is 35.9. The van der Waals surface area contributed by atoms with Crippen LogP contribution in [-0.2, 0) is 32.0 Å². The SMILES string of the molecule is CNCC(CC(=O)[C@H](Cc1ccccc1)NC(=O)[C@@H](CCCN=C(N)N)CC(=O)[C@@H](N)Cc1c(C)cc(O)cc1C)C(N)=O. The molecule has 0 heterocycles. The molecule has 12 heteroatoms. The van der Waals surface area contributed by atoms with Crippen LogP contribution in [0.5, 0.6) is 5.75 Å². The van der Waals surface area contributed by atoms with Gasteiger partial charge in [-0.1, -0.05) is 30.3 Å². The first-order chi connectivity index (χ1) is 20.8. The lowest BCUT2D eigenvalue weighted by atomic mass is 9.88. The van der Waals surface area contributed by atoms with E-state index >= 15 is 0 Å². The number of hydrogen-bond acceptors (Lipinski definition) is 8. The third-order valence-electron chi connectivity index (χ3n) is 7.63. The number of phenolic OH excluding ortho intramolecular Hbond substituents is 1. The lowest BCUT2D eigenvalue weighted by Gasteiger charge is -2.24. The maximum Gasteiger partial charge on any atom is 0.224 e. The number of phenols is 1. The van der Waals surface area contributed by atoms with Crippen molar-refractivity contribution >= 4 is 29.3 Å². The summed E-state index contributed by atoms with van der Waals surface area (Å²) in [5, 5.41) is 15.6. The molecular weight excluding hydrogens is 562 g/mol. The number of aromatic hydroxyl groups is 1. The molecule has 0 aliphatic heterocycles. The zero-order valence-corrected chi connectivity index (χ0v) is 25.8. The molecule has 240 valence electrons. The summed E-state index contributed by atoms with van der Waals surface area (Å²) in [6, 6.07) is 10.6. The molecule has 0 aliphatic carbocycles. The zero-order chi connectivity index (χ0) is 32.8. The van der Waals surface area contributed by atoms with Gasteiger partial charge in [-0.15, -0.1) is 0 Å². The van der Waals surface area contributed by atoms with Crippen LogP contribution in [0.3, 0.4) is 0 Å². The fourth-order valence-electron chi connectivity index (χ4n) is 5.18. The quantitative estimate of drug-likeness (QED) is 0.0667. The average Bonchev–Trinajstić information content (AvgIpc) is 2.95. The van der Waals surface area contributed by atoms with E-state index in [1.807, 2.05) is 44.2 Å². The average molecular weight is 610 g/mol. The second kappa shape index (κ2) is 17.7. The van der Waals surface area contributed by atoms with Crippen molar-refractivity contribution in [1.82, 2.24) is 10.6 Å². The molecule has 12 nitrogen and oxygen atoms in total. The number of benzene rings is 2. The minimum absolute atomic E-state index is 0.0807. The number of nitrogens with one attached hydrogen (secondary N) is 2. The van der Waals surface area contributed by atoms with Gasteiger partial charge in [0.2, 0.25) is 11.8 Å². The highest BCUT2D eigenvalue weighted by Crippen LogP contribution is 2.23. The highest BCUT2D eigenvalue weighted by atomic mass is 16.3. The molecule has 0 bridgehead atoms. The molecule has 44 heavy (non-hydrogen) atoms. The van der Waals surface area contributed by atoms with Crippen LogP contribution in [0.4, 0.5) is 0 Å². The topological polar surface area (TPSA) is 229 Å². The van der Waals surface area contributed by atoms with E-state index in [1.54, 1.807) is 19.2 Å². The highest BCUT2D eigenvalue weighted by Gasteiger charge is 2.31. The number of amides is 2. The summed E-state index contributed by atoms with van der Waals surface area (Å²) in [5.74, 6) is -3.25. The van der Waals surface area contributed by atoms with Crippen molar-refractivity contribution in [2.45, 2.75) is 64.5 Å². The van der Waals surface area contributed by atoms with Crippen molar-refractivity contribution in [3.8, 4) is 5.75 Å². The Balaban J connectivity index is 2.27. The number of aliphatic imine (C=N–C) groups is 1. The van der Waals surface area contributed by atoms with Gasteiger partial charge in [-0.3, -0.25) is 24.2 Å². The summed E-state index contributed by atoms with van der Waals surface area (Å²) < 4.78 is 0. The summed E-state index contributed by atoms with van der Waals surface area (Å²) >= 11 is 0. The maximum absolute atomic E-state index is 13.7. The van der Waals surface area contributed by atoms with E-state index in [4.69, 9.17) is 22.9 Å². The van der Waals surface area contributed by atoms with Crippen molar-refractivity contribution in [3.05, 3.63) is 64.7 Å². The Morgan fingerprint density at radius 3 is 2.09 bits per heavy atom. The summed E-state index contributed by atoms with van der Waals surface area (Å²) in [4.78, 5) is 56.4. The van der Waals surface area contributed by atoms with Crippen LogP contribution >= 0.6 is 0 Å². The van der Waals surface area contributed by atoms with Crippen LogP contribution in [0.15, 0.2) is 47.5 Å². The molecular formula is C32H47N7O5.